The van der Waals surface area contributed by atoms with Crippen LogP contribution in [0.15, 0.2) is 72.8 Å². The molecule has 0 heterocycles. The molecular formula is C24H22O. The number of hydrogen-bond acceptors (Lipinski definition) is 1. The Bertz CT molecular complexity index is 861. The van der Waals surface area contributed by atoms with Crippen molar-refractivity contribution in [2.24, 2.45) is 0 Å². The predicted molar refractivity (Wildman–Crippen MR) is 105 cm³/mol. The Morgan fingerprint density at radius 1 is 0.680 bits per heavy atom. The van der Waals surface area contributed by atoms with Crippen molar-refractivity contribution in [3.05, 3.63) is 89.5 Å². The van der Waals surface area contributed by atoms with Crippen molar-refractivity contribution in [2.75, 3.05) is 7.11 Å². The van der Waals surface area contributed by atoms with E-state index in [2.05, 4.69) is 67.3 Å². The normalized spacial score (nSPS) is 10.0. The van der Waals surface area contributed by atoms with Gasteiger partial charge in [0.25, 0.3) is 0 Å². The minimum absolute atomic E-state index is 0.847. The third-order valence-corrected chi connectivity index (χ3v) is 4.15. The summed E-state index contributed by atoms with van der Waals surface area (Å²) in [6.45, 7) is 2.21. The van der Waals surface area contributed by atoms with Gasteiger partial charge < -0.3 is 4.74 Å². The summed E-state index contributed by atoms with van der Waals surface area (Å²) in [5.41, 5.74) is 5.86. The van der Waals surface area contributed by atoms with Crippen molar-refractivity contribution < 1.29 is 4.74 Å². The topological polar surface area (TPSA) is 9.23 Å². The van der Waals surface area contributed by atoms with Crippen LogP contribution < -0.4 is 4.74 Å². The fourth-order valence-corrected chi connectivity index (χ4v) is 2.72. The molecule has 0 fully saturated rings. The van der Waals surface area contributed by atoms with Gasteiger partial charge in [0.2, 0.25) is 0 Å². The van der Waals surface area contributed by atoms with Crippen molar-refractivity contribution in [3.63, 3.8) is 0 Å². The molecule has 1 heteroatoms. The Hall–Kier alpha value is -2.98. The van der Waals surface area contributed by atoms with Crippen LogP contribution in [-0.4, -0.2) is 7.11 Å². The summed E-state index contributed by atoms with van der Waals surface area (Å²) in [5.74, 6) is 7.25. The molecule has 0 atom stereocenters. The fourth-order valence-electron chi connectivity index (χ4n) is 2.72. The van der Waals surface area contributed by atoms with E-state index in [9.17, 15) is 0 Å². The Kier molecular flexibility index (Phi) is 5.54. The van der Waals surface area contributed by atoms with Crippen LogP contribution in [0.5, 0.6) is 5.75 Å². The van der Waals surface area contributed by atoms with Gasteiger partial charge in [0, 0.05) is 11.1 Å². The van der Waals surface area contributed by atoms with E-state index in [0.717, 1.165) is 23.3 Å². The molecule has 3 aromatic rings. The molecule has 0 spiro atoms. The van der Waals surface area contributed by atoms with E-state index in [1.54, 1.807) is 7.11 Å². The zero-order valence-electron chi connectivity index (χ0n) is 14.8. The second-order valence-electron chi connectivity index (χ2n) is 6.00. The van der Waals surface area contributed by atoms with Crippen LogP contribution in [0.2, 0.25) is 0 Å². The lowest BCUT2D eigenvalue weighted by atomic mass is 10.0. The second-order valence-corrected chi connectivity index (χ2v) is 6.00. The lowest BCUT2D eigenvalue weighted by molar-refractivity contribution is 0.415. The molecule has 0 saturated carbocycles. The number of benzene rings is 3. The van der Waals surface area contributed by atoms with Gasteiger partial charge in [-0.15, -0.1) is 0 Å². The third kappa shape index (κ3) is 4.52. The van der Waals surface area contributed by atoms with E-state index in [-0.39, 0.29) is 0 Å². The van der Waals surface area contributed by atoms with Crippen molar-refractivity contribution in [1.29, 1.82) is 0 Å². The molecule has 0 unspecified atom stereocenters. The molecule has 0 aliphatic heterocycles. The molecule has 3 aromatic carbocycles. The molecule has 0 aromatic heterocycles. The molecule has 0 amide bonds. The van der Waals surface area contributed by atoms with Crippen LogP contribution in [0.4, 0.5) is 0 Å². The summed E-state index contributed by atoms with van der Waals surface area (Å²) < 4.78 is 5.16. The number of aryl methyl sites for hydroxylation is 1. The highest BCUT2D eigenvalue weighted by Gasteiger charge is 1.98. The number of ether oxygens (including phenoxy) is 1. The summed E-state index contributed by atoms with van der Waals surface area (Å²) in [6.07, 6.45) is 2.32. The maximum absolute atomic E-state index is 5.16. The SMILES string of the molecule is CCCc1ccc(-c2ccc(C#Cc3ccc(OC)cc3)cc2)cc1. The summed E-state index contributed by atoms with van der Waals surface area (Å²) in [7, 11) is 1.67. The third-order valence-electron chi connectivity index (χ3n) is 4.15. The minimum atomic E-state index is 0.847. The molecule has 0 aliphatic carbocycles. The van der Waals surface area contributed by atoms with Gasteiger partial charge in [0.15, 0.2) is 0 Å². The molecule has 124 valence electrons. The molecular weight excluding hydrogens is 304 g/mol. The van der Waals surface area contributed by atoms with Crippen LogP contribution in [0.3, 0.4) is 0 Å². The van der Waals surface area contributed by atoms with E-state index in [1.165, 1.54) is 23.1 Å². The highest BCUT2D eigenvalue weighted by atomic mass is 16.5. The fraction of sp³-hybridized carbons (Fsp3) is 0.167. The molecule has 0 radical (unpaired) electrons. The first-order chi connectivity index (χ1) is 12.3. The Morgan fingerprint density at radius 2 is 1.16 bits per heavy atom. The van der Waals surface area contributed by atoms with Crippen molar-refractivity contribution in [3.8, 4) is 28.7 Å². The van der Waals surface area contributed by atoms with Gasteiger partial charge >= 0.3 is 0 Å². The van der Waals surface area contributed by atoms with E-state index in [1.807, 2.05) is 24.3 Å². The lowest BCUT2D eigenvalue weighted by Gasteiger charge is -2.04. The predicted octanol–water partition coefficient (Wildman–Crippen LogP) is 5.71. The van der Waals surface area contributed by atoms with E-state index < -0.39 is 0 Å². The standard InChI is InChI=1S/C24H22O/c1-3-4-19-7-13-22(14-8-19)23-15-9-20(10-16-23)5-6-21-11-17-24(25-2)18-12-21/h7-18H,3-4H2,1-2H3. The van der Waals surface area contributed by atoms with Crippen LogP contribution in [0.25, 0.3) is 11.1 Å². The van der Waals surface area contributed by atoms with Gasteiger partial charge in [-0.1, -0.05) is 61.6 Å². The number of rotatable bonds is 4. The zero-order chi connectivity index (χ0) is 17.5. The molecule has 0 saturated heterocycles. The summed E-state index contributed by atoms with van der Waals surface area (Å²) in [6, 6.07) is 25.0. The van der Waals surface area contributed by atoms with Crippen molar-refractivity contribution in [1.82, 2.24) is 0 Å². The molecule has 0 bridgehead atoms. The summed E-state index contributed by atoms with van der Waals surface area (Å²) >= 11 is 0. The van der Waals surface area contributed by atoms with Gasteiger partial charge in [-0.25, -0.2) is 0 Å². The van der Waals surface area contributed by atoms with Crippen molar-refractivity contribution >= 4 is 0 Å². The Labute approximate surface area is 150 Å². The molecule has 1 nitrogen and oxygen atoms in total. The van der Waals surface area contributed by atoms with Gasteiger partial charge in [0.05, 0.1) is 7.11 Å². The minimum Gasteiger partial charge on any atom is -0.497 e. The first-order valence-corrected chi connectivity index (χ1v) is 8.64. The summed E-state index contributed by atoms with van der Waals surface area (Å²) in [4.78, 5) is 0. The maximum atomic E-state index is 5.16. The number of methoxy groups -OCH3 is 1. The van der Waals surface area contributed by atoms with Crippen molar-refractivity contribution in [2.45, 2.75) is 19.8 Å². The van der Waals surface area contributed by atoms with E-state index >= 15 is 0 Å². The average Bonchev–Trinajstić information content (AvgIpc) is 2.68. The van der Waals surface area contributed by atoms with E-state index in [4.69, 9.17) is 4.74 Å². The van der Waals surface area contributed by atoms with Crippen LogP contribution in [-0.2, 0) is 6.42 Å². The monoisotopic (exact) mass is 326 g/mol. The lowest BCUT2D eigenvalue weighted by Crippen LogP contribution is -1.84. The van der Waals surface area contributed by atoms with Crippen LogP contribution >= 0.6 is 0 Å². The van der Waals surface area contributed by atoms with Gasteiger partial charge in [0.1, 0.15) is 5.75 Å². The molecule has 0 aliphatic rings. The van der Waals surface area contributed by atoms with Gasteiger partial charge in [-0.05, 0) is 59.5 Å². The quantitative estimate of drug-likeness (QED) is 0.558. The Balaban J connectivity index is 1.72. The smallest absolute Gasteiger partial charge is 0.118 e. The average molecular weight is 326 g/mol. The second kappa shape index (κ2) is 8.22. The molecule has 25 heavy (non-hydrogen) atoms. The zero-order valence-corrected chi connectivity index (χ0v) is 14.8. The van der Waals surface area contributed by atoms with E-state index in [0.29, 0.717) is 0 Å². The molecule has 0 N–H and O–H groups in total. The largest absolute Gasteiger partial charge is 0.497 e. The highest BCUT2D eigenvalue weighted by Crippen LogP contribution is 2.20. The van der Waals surface area contributed by atoms with Gasteiger partial charge in [-0.2, -0.15) is 0 Å². The highest BCUT2D eigenvalue weighted by molar-refractivity contribution is 5.64. The van der Waals surface area contributed by atoms with Crippen LogP contribution in [0, 0.1) is 11.8 Å². The first kappa shape index (κ1) is 16.9. The summed E-state index contributed by atoms with van der Waals surface area (Å²) in [5, 5.41) is 0. The van der Waals surface area contributed by atoms with Crippen LogP contribution in [0.1, 0.15) is 30.0 Å². The number of hydrogen-bond donors (Lipinski definition) is 0. The maximum Gasteiger partial charge on any atom is 0.118 e. The molecule has 3 rings (SSSR count). The Morgan fingerprint density at radius 3 is 1.64 bits per heavy atom. The first-order valence-electron chi connectivity index (χ1n) is 8.64. The van der Waals surface area contributed by atoms with Gasteiger partial charge in [-0.3, -0.25) is 0 Å².